The second kappa shape index (κ2) is 12.3. The van der Waals surface area contributed by atoms with Crippen LogP contribution in [0.25, 0.3) is 0 Å². The van der Waals surface area contributed by atoms with Gasteiger partial charge in [0.2, 0.25) is 0 Å². The second-order valence-corrected chi connectivity index (χ2v) is 6.54. The van der Waals surface area contributed by atoms with Gasteiger partial charge in [0.1, 0.15) is 0 Å². The Bertz CT molecular complexity index is 572. The molecular formula is C18H27IN4S. The van der Waals surface area contributed by atoms with Crippen molar-refractivity contribution < 1.29 is 0 Å². The van der Waals surface area contributed by atoms with E-state index in [9.17, 15) is 0 Å². The van der Waals surface area contributed by atoms with Gasteiger partial charge in [-0.1, -0.05) is 36.4 Å². The SMILES string of the molecule is CN=C(NCCCN(C)Cc1ccccc1)NCc1cccs1.I. The van der Waals surface area contributed by atoms with Crippen molar-refractivity contribution in [1.82, 2.24) is 15.5 Å². The molecule has 2 rings (SSSR count). The first kappa shape index (κ1) is 20.9. The number of halogens is 1. The maximum absolute atomic E-state index is 4.26. The van der Waals surface area contributed by atoms with Crippen molar-refractivity contribution in [3.8, 4) is 0 Å². The van der Waals surface area contributed by atoms with E-state index < -0.39 is 0 Å². The normalized spacial score (nSPS) is 11.2. The van der Waals surface area contributed by atoms with Crippen LogP contribution in [-0.4, -0.2) is 38.0 Å². The highest BCUT2D eigenvalue weighted by atomic mass is 127. The lowest BCUT2D eigenvalue weighted by Gasteiger charge is -2.17. The molecule has 0 unspecified atom stereocenters. The first-order valence-electron chi connectivity index (χ1n) is 7.97. The average Bonchev–Trinajstić information content (AvgIpc) is 3.08. The molecule has 0 aliphatic rings. The molecule has 0 aliphatic carbocycles. The number of hydrogen-bond acceptors (Lipinski definition) is 3. The van der Waals surface area contributed by atoms with E-state index >= 15 is 0 Å². The predicted octanol–water partition coefficient (Wildman–Crippen LogP) is 3.55. The van der Waals surface area contributed by atoms with Crippen molar-refractivity contribution in [3.05, 3.63) is 58.3 Å². The molecule has 0 bridgehead atoms. The molecule has 6 heteroatoms. The number of rotatable bonds is 8. The molecule has 4 nitrogen and oxygen atoms in total. The lowest BCUT2D eigenvalue weighted by molar-refractivity contribution is 0.322. The summed E-state index contributed by atoms with van der Waals surface area (Å²) in [4.78, 5) is 7.92. The molecule has 1 aromatic carbocycles. The monoisotopic (exact) mass is 458 g/mol. The van der Waals surface area contributed by atoms with Crippen molar-refractivity contribution in [2.75, 3.05) is 27.2 Å². The van der Waals surface area contributed by atoms with Gasteiger partial charge in [-0.15, -0.1) is 35.3 Å². The van der Waals surface area contributed by atoms with Crippen LogP contribution in [0.1, 0.15) is 16.9 Å². The van der Waals surface area contributed by atoms with E-state index in [-0.39, 0.29) is 24.0 Å². The van der Waals surface area contributed by atoms with Gasteiger partial charge < -0.3 is 15.5 Å². The fourth-order valence-electron chi connectivity index (χ4n) is 2.33. The van der Waals surface area contributed by atoms with Crippen molar-refractivity contribution >= 4 is 41.3 Å². The first-order valence-corrected chi connectivity index (χ1v) is 8.85. The van der Waals surface area contributed by atoms with Gasteiger partial charge in [-0.2, -0.15) is 0 Å². The van der Waals surface area contributed by atoms with Gasteiger partial charge in [0.25, 0.3) is 0 Å². The van der Waals surface area contributed by atoms with E-state index in [0.29, 0.717) is 0 Å². The standard InChI is InChI=1S/C18H26N4S.HI/c1-19-18(21-14-17-10-6-13-23-17)20-11-7-12-22(2)15-16-8-4-3-5-9-16;/h3-6,8-10,13H,7,11-12,14-15H2,1-2H3,(H2,19,20,21);1H. The van der Waals surface area contributed by atoms with Crippen LogP contribution < -0.4 is 10.6 Å². The lowest BCUT2D eigenvalue weighted by Crippen LogP contribution is -2.38. The number of aliphatic imine (C=N–C) groups is 1. The number of benzene rings is 1. The second-order valence-electron chi connectivity index (χ2n) is 5.51. The van der Waals surface area contributed by atoms with Crippen molar-refractivity contribution in [2.45, 2.75) is 19.5 Å². The minimum Gasteiger partial charge on any atom is -0.356 e. The number of guanidine groups is 1. The molecule has 1 heterocycles. The van der Waals surface area contributed by atoms with Crippen LogP contribution in [0.4, 0.5) is 0 Å². The number of nitrogens with zero attached hydrogens (tertiary/aromatic N) is 2. The first-order chi connectivity index (χ1) is 11.3. The third-order valence-corrected chi connectivity index (χ3v) is 4.41. The van der Waals surface area contributed by atoms with Gasteiger partial charge in [0.05, 0.1) is 6.54 Å². The Labute approximate surface area is 166 Å². The molecule has 24 heavy (non-hydrogen) atoms. The zero-order chi connectivity index (χ0) is 16.3. The zero-order valence-electron chi connectivity index (χ0n) is 14.4. The van der Waals surface area contributed by atoms with E-state index in [0.717, 1.165) is 38.6 Å². The van der Waals surface area contributed by atoms with E-state index in [1.165, 1.54) is 10.4 Å². The number of thiophene rings is 1. The summed E-state index contributed by atoms with van der Waals surface area (Å²) in [5.41, 5.74) is 1.36. The summed E-state index contributed by atoms with van der Waals surface area (Å²) in [6.07, 6.45) is 1.09. The highest BCUT2D eigenvalue weighted by Crippen LogP contribution is 2.07. The van der Waals surface area contributed by atoms with E-state index in [1.807, 2.05) is 7.05 Å². The van der Waals surface area contributed by atoms with E-state index in [4.69, 9.17) is 0 Å². The van der Waals surface area contributed by atoms with Gasteiger partial charge in [-0.25, -0.2) is 0 Å². The minimum absolute atomic E-state index is 0. The number of nitrogens with one attached hydrogen (secondary N) is 2. The van der Waals surface area contributed by atoms with Crippen LogP contribution >= 0.6 is 35.3 Å². The Balaban J connectivity index is 0.00000288. The molecular weight excluding hydrogens is 431 g/mol. The molecule has 2 aromatic rings. The van der Waals surface area contributed by atoms with E-state index in [1.54, 1.807) is 11.3 Å². The van der Waals surface area contributed by atoms with Crippen molar-refractivity contribution in [2.24, 2.45) is 4.99 Å². The van der Waals surface area contributed by atoms with E-state index in [2.05, 4.69) is 75.4 Å². The predicted molar refractivity (Wildman–Crippen MR) is 115 cm³/mol. The Morgan fingerprint density at radius 3 is 2.58 bits per heavy atom. The van der Waals surface area contributed by atoms with Gasteiger partial charge in [0.15, 0.2) is 5.96 Å². The number of hydrogen-bond donors (Lipinski definition) is 2. The minimum atomic E-state index is 0. The van der Waals surface area contributed by atoms with Crippen LogP contribution in [-0.2, 0) is 13.1 Å². The Hall–Kier alpha value is -1.12. The van der Waals surface area contributed by atoms with Gasteiger partial charge in [0, 0.05) is 25.0 Å². The van der Waals surface area contributed by atoms with Crippen molar-refractivity contribution in [3.63, 3.8) is 0 Å². The maximum atomic E-state index is 4.26. The zero-order valence-corrected chi connectivity index (χ0v) is 17.5. The molecule has 0 radical (unpaired) electrons. The summed E-state index contributed by atoms with van der Waals surface area (Å²) in [5.74, 6) is 0.865. The summed E-state index contributed by atoms with van der Waals surface area (Å²) in [6.45, 7) is 3.80. The summed E-state index contributed by atoms with van der Waals surface area (Å²) in [6, 6.07) is 14.8. The highest BCUT2D eigenvalue weighted by Gasteiger charge is 2.01. The van der Waals surface area contributed by atoms with Gasteiger partial charge in [-0.05, 0) is 37.0 Å². The topological polar surface area (TPSA) is 39.7 Å². The van der Waals surface area contributed by atoms with Crippen LogP contribution in [0.2, 0.25) is 0 Å². The highest BCUT2D eigenvalue weighted by molar-refractivity contribution is 14.0. The molecule has 0 atom stereocenters. The summed E-state index contributed by atoms with van der Waals surface area (Å²) in [5, 5.41) is 8.80. The molecule has 0 saturated carbocycles. The molecule has 0 fully saturated rings. The summed E-state index contributed by atoms with van der Waals surface area (Å²) in [7, 11) is 3.97. The smallest absolute Gasteiger partial charge is 0.191 e. The lowest BCUT2D eigenvalue weighted by atomic mass is 10.2. The Kier molecular flexibility index (Phi) is 10.7. The van der Waals surface area contributed by atoms with Crippen LogP contribution in [0.3, 0.4) is 0 Å². The van der Waals surface area contributed by atoms with Crippen molar-refractivity contribution in [1.29, 1.82) is 0 Å². The molecule has 132 valence electrons. The summed E-state index contributed by atoms with van der Waals surface area (Å²) >= 11 is 1.76. The fourth-order valence-corrected chi connectivity index (χ4v) is 2.98. The van der Waals surface area contributed by atoms with Gasteiger partial charge >= 0.3 is 0 Å². The largest absolute Gasteiger partial charge is 0.356 e. The molecule has 0 aliphatic heterocycles. The van der Waals surface area contributed by atoms with Crippen LogP contribution in [0.15, 0.2) is 52.8 Å². The van der Waals surface area contributed by atoms with Gasteiger partial charge in [-0.3, -0.25) is 4.99 Å². The quantitative estimate of drug-likeness (QED) is 0.275. The third kappa shape index (κ3) is 8.12. The molecule has 0 spiro atoms. The molecule has 1 aromatic heterocycles. The fraction of sp³-hybridized carbons (Fsp3) is 0.389. The van der Waals surface area contributed by atoms with Crippen LogP contribution in [0.5, 0.6) is 0 Å². The molecule has 0 saturated heterocycles. The Morgan fingerprint density at radius 1 is 1.12 bits per heavy atom. The third-order valence-electron chi connectivity index (χ3n) is 3.54. The van der Waals surface area contributed by atoms with Crippen LogP contribution in [0, 0.1) is 0 Å². The Morgan fingerprint density at radius 2 is 1.92 bits per heavy atom. The summed E-state index contributed by atoms with van der Waals surface area (Å²) < 4.78 is 0. The average molecular weight is 458 g/mol. The maximum Gasteiger partial charge on any atom is 0.191 e. The molecule has 0 amide bonds. The molecule has 2 N–H and O–H groups in total.